The summed E-state index contributed by atoms with van der Waals surface area (Å²) in [4.78, 5) is 23.1. The second kappa shape index (κ2) is 6.05. The molecular formula is C13H17NO4. The molecule has 1 amide bonds. The smallest absolute Gasteiger partial charge is 0.255 e. The molecule has 0 aliphatic carbocycles. The Morgan fingerprint density at radius 2 is 2.06 bits per heavy atom. The zero-order valence-electron chi connectivity index (χ0n) is 10.7. The van der Waals surface area contributed by atoms with Crippen LogP contribution in [0.15, 0.2) is 18.2 Å². The zero-order chi connectivity index (χ0) is 13.7. The van der Waals surface area contributed by atoms with Crippen LogP contribution in [-0.4, -0.2) is 30.5 Å². The molecule has 0 fully saturated rings. The summed E-state index contributed by atoms with van der Waals surface area (Å²) >= 11 is 0. The molecule has 0 heterocycles. The standard InChI is InChI=1S/C13H17NO4/c1-8(2)12(16)7-14-13(17)10-5-4-9(18-3)6-11(10)15/h4-6,8,15H,7H2,1-3H3,(H,14,17). The maximum Gasteiger partial charge on any atom is 0.255 e. The van der Waals surface area contributed by atoms with Crippen molar-refractivity contribution in [1.82, 2.24) is 5.32 Å². The lowest BCUT2D eigenvalue weighted by Crippen LogP contribution is -2.31. The molecule has 0 aromatic heterocycles. The van der Waals surface area contributed by atoms with Gasteiger partial charge in [-0.15, -0.1) is 0 Å². The molecule has 0 bridgehead atoms. The van der Waals surface area contributed by atoms with Crippen LogP contribution in [0.4, 0.5) is 0 Å². The van der Waals surface area contributed by atoms with Crippen molar-refractivity contribution >= 4 is 11.7 Å². The van der Waals surface area contributed by atoms with Crippen molar-refractivity contribution in [2.45, 2.75) is 13.8 Å². The molecule has 98 valence electrons. The van der Waals surface area contributed by atoms with E-state index in [0.717, 1.165) is 0 Å². The summed E-state index contributed by atoms with van der Waals surface area (Å²) in [6.45, 7) is 3.49. The molecule has 1 aromatic rings. The van der Waals surface area contributed by atoms with E-state index in [-0.39, 0.29) is 29.6 Å². The van der Waals surface area contributed by atoms with E-state index in [0.29, 0.717) is 5.75 Å². The van der Waals surface area contributed by atoms with Crippen molar-refractivity contribution in [3.63, 3.8) is 0 Å². The van der Waals surface area contributed by atoms with Crippen LogP contribution in [-0.2, 0) is 4.79 Å². The fraction of sp³-hybridized carbons (Fsp3) is 0.385. The van der Waals surface area contributed by atoms with Gasteiger partial charge in [0.25, 0.3) is 5.91 Å². The highest BCUT2D eigenvalue weighted by atomic mass is 16.5. The highest BCUT2D eigenvalue weighted by Crippen LogP contribution is 2.23. The number of carbonyl (C=O) groups is 2. The van der Waals surface area contributed by atoms with Crippen molar-refractivity contribution in [3.05, 3.63) is 23.8 Å². The third-order valence-electron chi connectivity index (χ3n) is 2.52. The first-order valence-electron chi connectivity index (χ1n) is 5.63. The number of hydrogen-bond donors (Lipinski definition) is 2. The first-order valence-corrected chi connectivity index (χ1v) is 5.63. The minimum Gasteiger partial charge on any atom is -0.507 e. The molecule has 0 saturated carbocycles. The molecule has 5 nitrogen and oxygen atoms in total. The first kappa shape index (κ1) is 14.0. The number of hydrogen-bond acceptors (Lipinski definition) is 4. The largest absolute Gasteiger partial charge is 0.507 e. The fourth-order valence-electron chi connectivity index (χ4n) is 1.30. The van der Waals surface area contributed by atoms with Crippen molar-refractivity contribution in [2.24, 2.45) is 5.92 Å². The number of ketones is 1. The number of Topliss-reactive ketones (excluding diaryl/α,β-unsaturated/α-hetero) is 1. The van der Waals surface area contributed by atoms with Gasteiger partial charge in [0, 0.05) is 12.0 Å². The van der Waals surface area contributed by atoms with Gasteiger partial charge in [-0.25, -0.2) is 0 Å². The number of phenolic OH excluding ortho intramolecular Hbond substituents is 1. The molecular weight excluding hydrogens is 234 g/mol. The average molecular weight is 251 g/mol. The van der Waals surface area contributed by atoms with Gasteiger partial charge in [0.15, 0.2) is 5.78 Å². The van der Waals surface area contributed by atoms with Crippen LogP contribution < -0.4 is 10.1 Å². The molecule has 0 aliphatic heterocycles. The minimum atomic E-state index is -0.482. The summed E-state index contributed by atoms with van der Waals surface area (Å²) in [5.41, 5.74) is 0.118. The number of rotatable bonds is 5. The SMILES string of the molecule is COc1ccc(C(=O)NCC(=O)C(C)C)c(O)c1. The van der Waals surface area contributed by atoms with E-state index in [1.165, 1.54) is 19.2 Å². The Kier molecular flexibility index (Phi) is 4.71. The molecule has 0 spiro atoms. The van der Waals surface area contributed by atoms with Gasteiger partial charge in [-0.2, -0.15) is 0 Å². The Morgan fingerprint density at radius 1 is 1.39 bits per heavy atom. The number of nitrogens with one attached hydrogen (secondary N) is 1. The minimum absolute atomic E-state index is 0.0397. The fourth-order valence-corrected chi connectivity index (χ4v) is 1.30. The normalized spacial score (nSPS) is 10.2. The van der Waals surface area contributed by atoms with Crippen LogP contribution in [0.25, 0.3) is 0 Å². The molecule has 2 N–H and O–H groups in total. The van der Waals surface area contributed by atoms with Crippen LogP contribution in [0.1, 0.15) is 24.2 Å². The van der Waals surface area contributed by atoms with Gasteiger partial charge < -0.3 is 15.2 Å². The molecule has 0 unspecified atom stereocenters. The summed E-state index contributed by atoms with van der Waals surface area (Å²) in [7, 11) is 1.47. The number of amides is 1. The molecule has 0 aliphatic rings. The summed E-state index contributed by atoms with van der Waals surface area (Å²) in [5.74, 6) is -0.388. The highest BCUT2D eigenvalue weighted by Gasteiger charge is 2.14. The predicted octanol–water partition coefficient (Wildman–Crippen LogP) is 1.36. The van der Waals surface area contributed by atoms with Crippen LogP contribution in [0.5, 0.6) is 11.5 Å². The number of phenols is 1. The van der Waals surface area contributed by atoms with E-state index >= 15 is 0 Å². The summed E-state index contributed by atoms with van der Waals surface area (Å²) in [5, 5.41) is 12.1. The Balaban J connectivity index is 2.70. The molecule has 1 aromatic carbocycles. The lowest BCUT2D eigenvalue weighted by atomic mass is 10.1. The number of aromatic hydroxyl groups is 1. The Morgan fingerprint density at radius 3 is 2.56 bits per heavy atom. The van der Waals surface area contributed by atoms with E-state index < -0.39 is 5.91 Å². The molecule has 18 heavy (non-hydrogen) atoms. The lowest BCUT2D eigenvalue weighted by Gasteiger charge is -2.08. The third kappa shape index (κ3) is 3.48. The van der Waals surface area contributed by atoms with E-state index in [4.69, 9.17) is 4.74 Å². The topological polar surface area (TPSA) is 75.6 Å². The Labute approximate surface area is 106 Å². The first-order chi connectivity index (χ1) is 8.45. The second-order valence-corrected chi connectivity index (χ2v) is 4.19. The lowest BCUT2D eigenvalue weighted by molar-refractivity contribution is -0.120. The van der Waals surface area contributed by atoms with Gasteiger partial charge in [0.05, 0.1) is 19.2 Å². The average Bonchev–Trinajstić information content (AvgIpc) is 2.34. The number of methoxy groups -OCH3 is 1. The van der Waals surface area contributed by atoms with Crippen LogP contribution in [0.3, 0.4) is 0 Å². The summed E-state index contributed by atoms with van der Waals surface area (Å²) in [6.07, 6.45) is 0. The molecule has 0 atom stereocenters. The second-order valence-electron chi connectivity index (χ2n) is 4.19. The molecule has 0 radical (unpaired) electrons. The van der Waals surface area contributed by atoms with Crippen LogP contribution >= 0.6 is 0 Å². The van der Waals surface area contributed by atoms with Crippen molar-refractivity contribution in [2.75, 3.05) is 13.7 Å². The third-order valence-corrected chi connectivity index (χ3v) is 2.52. The van der Waals surface area contributed by atoms with Gasteiger partial charge in [-0.3, -0.25) is 9.59 Å². The summed E-state index contributed by atoms with van der Waals surface area (Å²) in [6, 6.07) is 4.36. The monoisotopic (exact) mass is 251 g/mol. The van der Waals surface area contributed by atoms with Gasteiger partial charge in [-0.1, -0.05) is 13.8 Å². The van der Waals surface area contributed by atoms with E-state index in [1.807, 2.05) is 0 Å². The maximum absolute atomic E-state index is 11.7. The van der Waals surface area contributed by atoms with Gasteiger partial charge in [0.2, 0.25) is 0 Å². The maximum atomic E-state index is 11.7. The van der Waals surface area contributed by atoms with E-state index in [9.17, 15) is 14.7 Å². The number of ether oxygens (including phenoxy) is 1. The summed E-state index contributed by atoms with van der Waals surface area (Å²) < 4.78 is 4.91. The van der Waals surface area contributed by atoms with E-state index in [2.05, 4.69) is 5.32 Å². The number of carbonyl (C=O) groups excluding carboxylic acids is 2. The molecule has 5 heteroatoms. The van der Waals surface area contributed by atoms with Crippen molar-refractivity contribution in [3.8, 4) is 11.5 Å². The molecule has 1 rings (SSSR count). The Bertz CT molecular complexity index is 454. The van der Waals surface area contributed by atoms with Crippen LogP contribution in [0, 0.1) is 5.92 Å². The van der Waals surface area contributed by atoms with Crippen LogP contribution in [0.2, 0.25) is 0 Å². The zero-order valence-corrected chi connectivity index (χ0v) is 10.7. The van der Waals surface area contributed by atoms with Gasteiger partial charge in [-0.05, 0) is 12.1 Å². The van der Waals surface area contributed by atoms with Gasteiger partial charge >= 0.3 is 0 Å². The van der Waals surface area contributed by atoms with Crippen molar-refractivity contribution < 1.29 is 19.4 Å². The highest BCUT2D eigenvalue weighted by molar-refractivity contribution is 5.99. The quantitative estimate of drug-likeness (QED) is 0.828. The molecule has 0 saturated heterocycles. The number of benzene rings is 1. The predicted molar refractivity (Wildman–Crippen MR) is 66.8 cm³/mol. The van der Waals surface area contributed by atoms with E-state index in [1.54, 1.807) is 19.9 Å². The van der Waals surface area contributed by atoms with Crippen molar-refractivity contribution in [1.29, 1.82) is 0 Å². The Hall–Kier alpha value is -2.04. The van der Waals surface area contributed by atoms with Gasteiger partial charge in [0.1, 0.15) is 11.5 Å².